The topological polar surface area (TPSA) is 87.0 Å². The van der Waals surface area contributed by atoms with E-state index in [9.17, 15) is 15.0 Å². The molecule has 23 heavy (non-hydrogen) atoms. The number of carboxylic acids is 1. The Morgan fingerprint density at radius 2 is 1.83 bits per heavy atom. The van der Waals surface area contributed by atoms with Gasteiger partial charge >= 0.3 is 5.97 Å². The Morgan fingerprint density at radius 3 is 2.48 bits per heavy atom. The predicted molar refractivity (Wildman–Crippen MR) is 87.1 cm³/mol. The summed E-state index contributed by atoms with van der Waals surface area (Å²) >= 11 is 0. The number of fused-ring (bicyclic) bond motifs is 1. The first-order chi connectivity index (χ1) is 11.0. The zero-order valence-corrected chi connectivity index (χ0v) is 13.9. The molecule has 0 radical (unpaired) electrons. The molecule has 0 bridgehead atoms. The molecule has 1 unspecified atom stereocenters. The monoisotopic (exact) mass is 322 g/mol. The zero-order valence-electron chi connectivity index (χ0n) is 13.9. The number of phenols is 2. The normalized spacial score (nSPS) is 17.0. The van der Waals surface area contributed by atoms with Crippen LogP contribution < -0.4 is 0 Å². The van der Waals surface area contributed by atoms with Gasteiger partial charge < -0.3 is 20.1 Å². The van der Waals surface area contributed by atoms with Gasteiger partial charge in [-0.05, 0) is 30.9 Å². The average molecular weight is 322 g/mol. The van der Waals surface area contributed by atoms with Crippen molar-refractivity contribution in [1.29, 1.82) is 0 Å². The van der Waals surface area contributed by atoms with Crippen molar-refractivity contribution in [3.63, 3.8) is 0 Å². The maximum absolute atomic E-state index is 11.2. The van der Waals surface area contributed by atoms with Crippen molar-refractivity contribution < 1.29 is 24.9 Å². The summed E-state index contributed by atoms with van der Waals surface area (Å²) in [5.74, 6) is -2.03. The third-order valence-electron chi connectivity index (χ3n) is 4.67. The van der Waals surface area contributed by atoms with Gasteiger partial charge in [-0.1, -0.05) is 39.0 Å². The molecule has 1 aliphatic heterocycles. The van der Waals surface area contributed by atoms with Gasteiger partial charge in [-0.3, -0.25) is 0 Å². The number of hydrogen-bond acceptors (Lipinski definition) is 4. The van der Waals surface area contributed by atoms with Crippen molar-refractivity contribution in [2.45, 2.75) is 71.5 Å². The molecule has 1 aliphatic rings. The largest absolute Gasteiger partial charge is 0.507 e. The molecule has 5 heteroatoms. The summed E-state index contributed by atoms with van der Waals surface area (Å²) in [4.78, 5) is 11.2. The maximum Gasteiger partial charge on any atom is 0.343 e. The number of ether oxygens (including phenoxy) is 1. The van der Waals surface area contributed by atoms with Gasteiger partial charge in [0, 0.05) is 5.56 Å². The number of carbonyl (C=O) groups is 1. The van der Waals surface area contributed by atoms with Gasteiger partial charge in [0.1, 0.15) is 17.1 Å². The SMILES string of the molecule is CCCCCCCC1Cc2c(C)c(O)c(C(=O)O)c(O)c2CO1. The van der Waals surface area contributed by atoms with Crippen LogP contribution in [0.1, 0.15) is 72.5 Å². The highest BCUT2D eigenvalue weighted by Gasteiger charge is 2.30. The van der Waals surface area contributed by atoms with Crippen LogP contribution in [0.15, 0.2) is 0 Å². The number of benzene rings is 1. The second-order valence-corrected chi connectivity index (χ2v) is 6.30. The number of unbranched alkanes of at least 4 members (excludes halogenated alkanes) is 4. The fraction of sp³-hybridized carbons (Fsp3) is 0.611. The van der Waals surface area contributed by atoms with Crippen molar-refractivity contribution in [2.24, 2.45) is 0 Å². The van der Waals surface area contributed by atoms with Crippen molar-refractivity contribution in [1.82, 2.24) is 0 Å². The summed E-state index contributed by atoms with van der Waals surface area (Å²) in [5.41, 5.74) is 1.44. The maximum atomic E-state index is 11.2. The number of aromatic carboxylic acids is 1. The Balaban J connectivity index is 2.11. The highest BCUT2D eigenvalue weighted by Crippen LogP contribution is 2.41. The molecule has 1 aromatic rings. The van der Waals surface area contributed by atoms with E-state index in [-0.39, 0.29) is 24.2 Å². The van der Waals surface area contributed by atoms with Crippen LogP contribution in [-0.4, -0.2) is 27.4 Å². The molecule has 128 valence electrons. The molecule has 0 aliphatic carbocycles. The van der Waals surface area contributed by atoms with E-state index >= 15 is 0 Å². The Kier molecular flexibility index (Phi) is 5.88. The van der Waals surface area contributed by atoms with Crippen molar-refractivity contribution in [2.75, 3.05) is 0 Å². The fourth-order valence-electron chi connectivity index (χ4n) is 3.25. The van der Waals surface area contributed by atoms with Crippen LogP contribution in [0, 0.1) is 6.92 Å². The van der Waals surface area contributed by atoms with Gasteiger partial charge in [-0.15, -0.1) is 0 Å². The third-order valence-corrected chi connectivity index (χ3v) is 4.67. The second kappa shape index (κ2) is 7.68. The molecule has 0 saturated heterocycles. The van der Waals surface area contributed by atoms with Gasteiger partial charge in [0.05, 0.1) is 12.7 Å². The second-order valence-electron chi connectivity index (χ2n) is 6.30. The standard InChI is InChI=1S/C18H26O5/c1-3-4-5-6-7-8-12-9-13-11(2)16(19)15(18(21)22)17(20)14(13)10-23-12/h12,19-20H,3-10H2,1-2H3,(H,21,22). The number of hydrogen-bond donors (Lipinski definition) is 3. The van der Waals surface area contributed by atoms with E-state index in [0.29, 0.717) is 17.5 Å². The lowest BCUT2D eigenvalue weighted by molar-refractivity contribution is 0.0200. The molecule has 3 N–H and O–H groups in total. The summed E-state index contributed by atoms with van der Waals surface area (Å²) in [7, 11) is 0. The molecule has 0 fully saturated rings. The number of aromatic hydroxyl groups is 2. The minimum Gasteiger partial charge on any atom is -0.507 e. The summed E-state index contributed by atoms with van der Waals surface area (Å²) in [5, 5.41) is 29.4. The molecule has 2 rings (SSSR count). The van der Waals surface area contributed by atoms with E-state index < -0.39 is 11.5 Å². The first-order valence-corrected chi connectivity index (χ1v) is 8.38. The molecule has 1 heterocycles. The zero-order chi connectivity index (χ0) is 17.0. The smallest absolute Gasteiger partial charge is 0.343 e. The molecule has 5 nitrogen and oxygen atoms in total. The van der Waals surface area contributed by atoms with Gasteiger partial charge in [0.2, 0.25) is 0 Å². The molecule has 0 spiro atoms. The van der Waals surface area contributed by atoms with Crippen LogP contribution in [0.5, 0.6) is 11.5 Å². The summed E-state index contributed by atoms with van der Waals surface area (Å²) in [6, 6.07) is 0. The summed E-state index contributed by atoms with van der Waals surface area (Å²) in [6.45, 7) is 4.08. The van der Waals surface area contributed by atoms with E-state index in [1.54, 1.807) is 6.92 Å². The van der Waals surface area contributed by atoms with Crippen LogP contribution in [0.2, 0.25) is 0 Å². The Bertz CT molecular complexity index is 580. The molecular formula is C18H26O5. The molecule has 0 saturated carbocycles. The van der Waals surface area contributed by atoms with E-state index in [4.69, 9.17) is 9.84 Å². The number of rotatable bonds is 7. The lowest BCUT2D eigenvalue weighted by Gasteiger charge is -2.28. The minimum atomic E-state index is -1.33. The van der Waals surface area contributed by atoms with Crippen LogP contribution in [0.4, 0.5) is 0 Å². The van der Waals surface area contributed by atoms with E-state index in [1.807, 2.05) is 0 Å². The molecular weight excluding hydrogens is 296 g/mol. The molecule has 0 aromatic heterocycles. The Hall–Kier alpha value is -1.75. The third kappa shape index (κ3) is 3.78. The lowest BCUT2D eigenvalue weighted by Crippen LogP contribution is -2.24. The van der Waals surface area contributed by atoms with Crippen LogP contribution in [0.3, 0.4) is 0 Å². The molecule has 1 aromatic carbocycles. The van der Waals surface area contributed by atoms with Gasteiger partial charge in [-0.25, -0.2) is 4.79 Å². The predicted octanol–water partition coefficient (Wildman–Crippen LogP) is 3.91. The fourth-order valence-corrected chi connectivity index (χ4v) is 3.25. The quantitative estimate of drug-likeness (QED) is 0.663. The highest BCUT2D eigenvalue weighted by atomic mass is 16.5. The molecule has 0 amide bonds. The molecule has 1 atom stereocenters. The van der Waals surface area contributed by atoms with E-state index in [0.717, 1.165) is 18.4 Å². The van der Waals surface area contributed by atoms with Crippen LogP contribution in [0.25, 0.3) is 0 Å². The lowest BCUT2D eigenvalue weighted by atomic mass is 9.89. The average Bonchev–Trinajstić information content (AvgIpc) is 2.52. The first kappa shape index (κ1) is 17.6. The van der Waals surface area contributed by atoms with Gasteiger partial charge in [-0.2, -0.15) is 0 Å². The summed E-state index contributed by atoms with van der Waals surface area (Å²) < 4.78 is 5.79. The Labute approximate surface area is 136 Å². The van der Waals surface area contributed by atoms with Crippen molar-refractivity contribution in [3.8, 4) is 11.5 Å². The van der Waals surface area contributed by atoms with Gasteiger partial charge in [0.25, 0.3) is 0 Å². The van der Waals surface area contributed by atoms with Crippen molar-refractivity contribution >= 4 is 5.97 Å². The summed E-state index contributed by atoms with van der Waals surface area (Å²) in [6.07, 6.45) is 7.63. The number of carboxylic acid groups (broad SMARTS) is 1. The van der Waals surface area contributed by atoms with Crippen LogP contribution in [-0.2, 0) is 17.8 Å². The van der Waals surface area contributed by atoms with E-state index in [1.165, 1.54) is 25.7 Å². The highest BCUT2D eigenvalue weighted by molar-refractivity contribution is 5.95. The van der Waals surface area contributed by atoms with Gasteiger partial charge in [0.15, 0.2) is 0 Å². The minimum absolute atomic E-state index is 0.0669. The first-order valence-electron chi connectivity index (χ1n) is 8.38. The van der Waals surface area contributed by atoms with E-state index in [2.05, 4.69) is 6.92 Å². The Morgan fingerprint density at radius 1 is 1.13 bits per heavy atom. The van der Waals surface area contributed by atoms with Crippen molar-refractivity contribution in [3.05, 3.63) is 22.3 Å². The van der Waals surface area contributed by atoms with Crippen LogP contribution >= 0.6 is 0 Å².